The molecule has 0 aliphatic carbocycles. The zero-order valence-corrected chi connectivity index (χ0v) is 17.5. The first-order valence-electron chi connectivity index (χ1n) is 7.93. The molecule has 0 unspecified atom stereocenters. The maximum atomic E-state index is 12.5. The Morgan fingerprint density at radius 3 is 1.95 bits per heavy atom. The van der Waals surface area contributed by atoms with Gasteiger partial charge in [-0.15, -0.1) is 0 Å². The number of carbonyl (C=O) groups excluding carboxylic acids is 2. The van der Waals surface area contributed by atoms with Crippen LogP contribution in [0.25, 0.3) is 0 Å². The smallest absolute Gasteiger partial charge is 0.408 e. The number of hydrogen-bond acceptors (Lipinski definition) is 3. The van der Waals surface area contributed by atoms with Gasteiger partial charge in [-0.1, -0.05) is 39.3 Å². The quantitative estimate of drug-likeness (QED) is 0.630. The zero-order valence-electron chi connectivity index (χ0n) is 15.5. The van der Waals surface area contributed by atoms with E-state index in [-0.39, 0.29) is 5.91 Å². The molecule has 0 saturated carbocycles. The largest absolute Gasteiger partial charge is 0.444 e. The van der Waals surface area contributed by atoms with Crippen molar-refractivity contribution in [2.75, 3.05) is 6.54 Å². The molecule has 128 valence electrons. The number of rotatable bonds is 4. The Balaban J connectivity index is 2.70. The number of ether oxygens (including phenoxy) is 1. The number of alkyl carbamates (subject to hydrolysis) is 1. The molecule has 0 aromatic carbocycles. The van der Waals surface area contributed by atoms with Crippen molar-refractivity contribution in [2.24, 2.45) is 0 Å². The first-order valence-corrected chi connectivity index (χ1v) is 15.1. The predicted molar refractivity (Wildman–Crippen MR) is 95.4 cm³/mol. The summed E-state index contributed by atoms with van der Waals surface area (Å²) in [5.74, 6) is 0.0423. The fourth-order valence-electron chi connectivity index (χ4n) is 3.48. The average molecular weight is 345 g/mol. The van der Waals surface area contributed by atoms with Crippen molar-refractivity contribution >= 4 is 28.1 Å². The summed E-state index contributed by atoms with van der Waals surface area (Å²) in [6, 6.07) is -0.426. The molecule has 0 aromatic rings. The van der Waals surface area contributed by atoms with Crippen molar-refractivity contribution in [3.63, 3.8) is 0 Å². The Morgan fingerprint density at radius 2 is 1.64 bits per heavy atom. The monoisotopic (exact) mass is 344 g/mol. The molecular weight excluding hydrogens is 312 g/mol. The Hall–Kier alpha value is -0.826. The van der Waals surface area contributed by atoms with Crippen molar-refractivity contribution in [1.82, 2.24) is 10.2 Å². The van der Waals surface area contributed by atoms with Crippen LogP contribution in [0, 0.1) is 0 Å². The van der Waals surface area contributed by atoms with E-state index in [0.29, 0.717) is 11.8 Å². The van der Waals surface area contributed by atoms with Crippen LogP contribution in [0.15, 0.2) is 0 Å². The first-order chi connectivity index (χ1) is 9.63. The van der Waals surface area contributed by atoms with E-state index in [1.54, 1.807) is 0 Å². The van der Waals surface area contributed by atoms with Crippen molar-refractivity contribution in [1.29, 1.82) is 0 Å². The molecular formula is C15H32N2O3Si2. The number of nitrogens with one attached hydrogen (secondary N) is 1. The van der Waals surface area contributed by atoms with Gasteiger partial charge in [0.15, 0.2) is 0 Å². The van der Waals surface area contributed by atoms with Gasteiger partial charge < -0.3 is 15.0 Å². The van der Waals surface area contributed by atoms with Crippen LogP contribution in [0.4, 0.5) is 4.79 Å². The summed E-state index contributed by atoms with van der Waals surface area (Å²) in [5, 5.41) is 3.08. The average Bonchev–Trinajstić information content (AvgIpc) is 2.20. The van der Waals surface area contributed by atoms with Crippen LogP contribution in [0.2, 0.25) is 39.3 Å². The third kappa shape index (κ3) is 4.84. The third-order valence-electron chi connectivity index (χ3n) is 3.60. The molecule has 1 aliphatic heterocycles. The van der Waals surface area contributed by atoms with Crippen LogP contribution in [-0.4, -0.2) is 56.5 Å². The number of likely N-dealkylation sites (tertiary alicyclic amines) is 1. The van der Waals surface area contributed by atoms with Crippen molar-refractivity contribution in [2.45, 2.75) is 77.0 Å². The summed E-state index contributed by atoms with van der Waals surface area (Å²) < 4.78 is 5.22. The van der Waals surface area contributed by atoms with Crippen LogP contribution >= 0.6 is 0 Å². The first kappa shape index (κ1) is 19.2. The molecule has 0 radical (unpaired) electrons. The lowest BCUT2D eigenvalue weighted by molar-refractivity contribution is -0.143. The minimum Gasteiger partial charge on any atom is -0.444 e. The second-order valence-corrected chi connectivity index (χ2v) is 20.5. The number of β-lactam (4-membered cyclic amide) rings is 1. The van der Waals surface area contributed by atoms with E-state index in [1.807, 2.05) is 25.7 Å². The van der Waals surface area contributed by atoms with Gasteiger partial charge in [-0.05, 0) is 20.8 Å². The summed E-state index contributed by atoms with van der Waals surface area (Å²) in [4.78, 5) is 26.3. The Bertz CT molecular complexity index is 433. The van der Waals surface area contributed by atoms with E-state index in [9.17, 15) is 9.59 Å². The summed E-state index contributed by atoms with van der Waals surface area (Å²) in [6.45, 7) is 20.0. The SMILES string of the molecule is CC(C)(C)OC(=O)N[C@H]1CN(C([Si](C)(C)C)[Si](C)(C)C)C1=O. The van der Waals surface area contributed by atoms with Gasteiger partial charge in [-0.3, -0.25) is 4.79 Å². The van der Waals surface area contributed by atoms with Crippen molar-refractivity contribution in [3.8, 4) is 0 Å². The number of carbonyl (C=O) groups is 2. The van der Waals surface area contributed by atoms with E-state index in [0.717, 1.165) is 0 Å². The maximum Gasteiger partial charge on any atom is 0.408 e. The molecule has 5 nitrogen and oxygen atoms in total. The minimum absolute atomic E-state index is 0.0423. The van der Waals surface area contributed by atoms with Crippen LogP contribution < -0.4 is 5.32 Å². The zero-order chi connectivity index (χ0) is 17.5. The van der Waals surface area contributed by atoms with E-state index in [4.69, 9.17) is 4.74 Å². The van der Waals surface area contributed by atoms with E-state index in [1.165, 1.54) is 0 Å². The molecule has 1 saturated heterocycles. The van der Waals surface area contributed by atoms with Gasteiger partial charge in [0.25, 0.3) is 0 Å². The second kappa shape index (κ2) is 5.99. The molecule has 0 bridgehead atoms. The fraction of sp³-hybridized carbons (Fsp3) is 0.867. The van der Waals surface area contributed by atoms with Crippen LogP contribution in [0.5, 0.6) is 0 Å². The number of amides is 2. The Kier molecular flexibility index (Phi) is 5.24. The summed E-state index contributed by atoms with van der Waals surface area (Å²) >= 11 is 0. The number of nitrogens with zero attached hydrogens (tertiary/aromatic N) is 1. The van der Waals surface area contributed by atoms with Gasteiger partial charge in [0, 0.05) is 11.8 Å². The highest BCUT2D eigenvalue weighted by atomic mass is 28.4. The lowest BCUT2D eigenvalue weighted by Gasteiger charge is -2.52. The fourth-order valence-corrected chi connectivity index (χ4v) is 16.2. The standard InChI is InChI=1S/C15H32N2O3Si2/c1-15(2,3)20-13(19)16-11-10-17(12(11)18)14(21(4,5)6)22(7,8)9/h11,14H,10H2,1-9H3,(H,16,19)/t11-/m0/s1. The van der Waals surface area contributed by atoms with Gasteiger partial charge in [0.1, 0.15) is 11.6 Å². The third-order valence-corrected chi connectivity index (χ3v) is 12.7. The van der Waals surface area contributed by atoms with Crippen LogP contribution in [0.1, 0.15) is 20.8 Å². The summed E-state index contributed by atoms with van der Waals surface area (Å²) in [6.07, 6.45) is -0.511. The highest BCUT2D eigenvalue weighted by molar-refractivity contribution is 6.96. The minimum atomic E-state index is -1.48. The van der Waals surface area contributed by atoms with E-state index < -0.39 is 33.9 Å². The topological polar surface area (TPSA) is 58.6 Å². The second-order valence-electron chi connectivity index (χ2n) is 9.32. The van der Waals surface area contributed by atoms with Crippen LogP contribution in [0.3, 0.4) is 0 Å². The normalized spacial score (nSPS) is 20.0. The van der Waals surface area contributed by atoms with Crippen LogP contribution in [-0.2, 0) is 9.53 Å². The lowest BCUT2D eigenvalue weighted by atomic mass is 10.1. The molecule has 1 atom stereocenters. The van der Waals surface area contributed by atoms with E-state index >= 15 is 0 Å². The maximum absolute atomic E-state index is 12.5. The molecule has 1 rings (SSSR count). The molecule has 1 heterocycles. The molecule has 7 heteroatoms. The molecule has 1 aliphatic rings. The predicted octanol–water partition coefficient (Wildman–Crippen LogP) is 2.85. The highest BCUT2D eigenvalue weighted by Crippen LogP contribution is 2.29. The van der Waals surface area contributed by atoms with E-state index in [2.05, 4.69) is 44.6 Å². The molecule has 0 spiro atoms. The van der Waals surface area contributed by atoms with Crippen molar-refractivity contribution < 1.29 is 14.3 Å². The lowest BCUT2D eigenvalue weighted by Crippen LogP contribution is -2.75. The van der Waals surface area contributed by atoms with Crippen molar-refractivity contribution in [3.05, 3.63) is 0 Å². The molecule has 0 aromatic heterocycles. The highest BCUT2D eigenvalue weighted by Gasteiger charge is 2.50. The number of hydrogen-bond donors (Lipinski definition) is 1. The Labute approximate surface area is 136 Å². The van der Waals surface area contributed by atoms with Gasteiger partial charge in [-0.25, -0.2) is 4.79 Å². The Morgan fingerprint density at radius 1 is 1.18 bits per heavy atom. The molecule has 2 amide bonds. The molecule has 22 heavy (non-hydrogen) atoms. The van der Waals surface area contributed by atoms with Gasteiger partial charge in [-0.2, -0.15) is 0 Å². The summed E-state index contributed by atoms with van der Waals surface area (Å²) in [7, 11) is -2.96. The summed E-state index contributed by atoms with van der Waals surface area (Å²) in [5.41, 5.74) is -0.546. The molecule has 1 fully saturated rings. The van der Waals surface area contributed by atoms with Gasteiger partial charge in [0.05, 0.1) is 16.1 Å². The van der Waals surface area contributed by atoms with Gasteiger partial charge in [0.2, 0.25) is 5.91 Å². The van der Waals surface area contributed by atoms with Gasteiger partial charge >= 0.3 is 6.09 Å². The molecule has 1 N–H and O–H groups in total.